The molecule has 0 atom stereocenters. The van der Waals surface area contributed by atoms with Crippen molar-refractivity contribution in [3.05, 3.63) is 53.7 Å². The number of hydrogen-bond donors (Lipinski definition) is 1. The minimum atomic E-state index is -3.42. The number of aromatic amines is 1. The largest absolute Gasteiger partial charge is 0.335 e. The molecule has 3 rings (SSSR count). The van der Waals surface area contributed by atoms with Crippen molar-refractivity contribution in [1.29, 1.82) is 0 Å². The standard InChI is InChI=1S/C19H26N4O2S/c1-16-6-4-5-7-17(16)15-22(3)19-9-8-18(14-20-19)26(24,25)23-12-10-21(2)11-13-23/h4-9,14H,10-13,15H2,1-3H3/p+2. The Hall–Kier alpha value is -1.96. The van der Waals surface area contributed by atoms with E-state index in [9.17, 15) is 8.42 Å². The fourth-order valence-corrected chi connectivity index (χ4v) is 4.60. The van der Waals surface area contributed by atoms with Crippen LogP contribution in [-0.4, -0.2) is 53.0 Å². The number of H-pyrrole nitrogens is 1. The van der Waals surface area contributed by atoms with Crippen LogP contribution in [0.4, 0.5) is 5.82 Å². The maximum absolute atomic E-state index is 12.8. The topological polar surface area (TPSA) is 59.2 Å². The minimum absolute atomic E-state index is 0.324. The zero-order valence-electron chi connectivity index (χ0n) is 15.7. The Bertz CT molecular complexity index is 844. The molecule has 2 N–H and O–H groups in total. The second-order valence-corrected chi connectivity index (χ2v) is 8.99. The third kappa shape index (κ3) is 4.06. The highest BCUT2D eigenvalue weighted by atomic mass is 32.2. The number of anilines is 1. The van der Waals surface area contributed by atoms with E-state index < -0.39 is 10.0 Å². The molecule has 1 aromatic heterocycles. The van der Waals surface area contributed by atoms with Crippen molar-refractivity contribution in [3.8, 4) is 0 Å². The van der Waals surface area contributed by atoms with Crippen molar-refractivity contribution in [1.82, 2.24) is 4.31 Å². The van der Waals surface area contributed by atoms with Crippen molar-refractivity contribution < 1.29 is 18.3 Å². The van der Waals surface area contributed by atoms with Crippen LogP contribution in [0.5, 0.6) is 0 Å². The van der Waals surface area contributed by atoms with Gasteiger partial charge in [0.2, 0.25) is 10.0 Å². The first-order chi connectivity index (χ1) is 12.4. The molecule has 1 aromatic carbocycles. The first kappa shape index (κ1) is 18.8. The third-order valence-electron chi connectivity index (χ3n) is 5.06. The molecule has 0 amide bonds. The number of rotatable bonds is 5. The predicted octanol–water partition coefficient (Wildman–Crippen LogP) is -0.0355. The van der Waals surface area contributed by atoms with E-state index in [1.54, 1.807) is 16.6 Å². The molecule has 0 unspecified atom stereocenters. The first-order valence-electron chi connectivity index (χ1n) is 8.97. The van der Waals surface area contributed by atoms with E-state index >= 15 is 0 Å². The third-order valence-corrected chi connectivity index (χ3v) is 6.96. The summed E-state index contributed by atoms with van der Waals surface area (Å²) in [7, 11) is 0.667. The number of aryl methyl sites for hydroxylation is 1. The molecule has 0 radical (unpaired) electrons. The van der Waals surface area contributed by atoms with Gasteiger partial charge in [-0.05, 0) is 24.1 Å². The maximum atomic E-state index is 12.8. The summed E-state index contributed by atoms with van der Waals surface area (Å²) in [5.41, 5.74) is 2.50. The van der Waals surface area contributed by atoms with Gasteiger partial charge in [-0.1, -0.05) is 24.3 Å². The second kappa shape index (κ2) is 7.73. The summed E-state index contributed by atoms with van der Waals surface area (Å²) in [5, 5.41) is 0. The number of nitrogens with zero attached hydrogens (tertiary/aromatic N) is 2. The lowest BCUT2D eigenvalue weighted by Gasteiger charge is -2.29. The molecule has 140 valence electrons. The fourth-order valence-electron chi connectivity index (χ4n) is 3.19. The van der Waals surface area contributed by atoms with E-state index in [1.165, 1.54) is 16.0 Å². The van der Waals surface area contributed by atoms with E-state index in [-0.39, 0.29) is 0 Å². The lowest BCUT2D eigenvalue weighted by molar-refractivity contribution is -0.883. The molecular weight excluding hydrogens is 348 g/mol. The number of benzene rings is 1. The molecule has 7 heteroatoms. The summed E-state index contributed by atoms with van der Waals surface area (Å²) in [5.74, 6) is 0.884. The zero-order chi connectivity index (χ0) is 18.7. The van der Waals surface area contributed by atoms with Crippen molar-refractivity contribution >= 4 is 15.8 Å². The molecule has 1 aliphatic rings. The predicted molar refractivity (Wildman–Crippen MR) is 102 cm³/mol. The van der Waals surface area contributed by atoms with Gasteiger partial charge in [-0.3, -0.25) is 4.90 Å². The average molecular weight is 377 g/mol. The number of hydrogen-bond acceptors (Lipinski definition) is 3. The Morgan fingerprint density at radius 1 is 1.15 bits per heavy atom. The smallest absolute Gasteiger partial charge is 0.274 e. The van der Waals surface area contributed by atoms with Gasteiger partial charge in [0.15, 0.2) is 0 Å². The Kier molecular flexibility index (Phi) is 5.60. The Morgan fingerprint density at radius 2 is 1.85 bits per heavy atom. The molecular formula is C19H28N4O2S+2. The molecule has 0 saturated carbocycles. The van der Waals surface area contributed by atoms with Crippen LogP contribution in [-0.2, 0) is 16.6 Å². The van der Waals surface area contributed by atoms with Gasteiger partial charge in [-0.25, -0.2) is 13.4 Å². The van der Waals surface area contributed by atoms with Crippen LogP contribution in [0.15, 0.2) is 47.5 Å². The molecule has 0 spiro atoms. The van der Waals surface area contributed by atoms with Gasteiger partial charge in [0.1, 0.15) is 17.6 Å². The monoisotopic (exact) mass is 376 g/mol. The number of sulfonamides is 1. The normalized spacial score (nSPS) is 16.6. The van der Waals surface area contributed by atoms with E-state index in [2.05, 4.69) is 36.0 Å². The van der Waals surface area contributed by atoms with Crippen molar-refractivity contribution in [2.24, 2.45) is 0 Å². The zero-order valence-corrected chi connectivity index (χ0v) is 16.5. The van der Waals surface area contributed by atoms with Crippen molar-refractivity contribution in [2.45, 2.75) is 18.4 Å². The molecule has 26 heavy (non-hydrogen) atoms. The number of likely N-dealkylation sites (N-methyl/N-ethyl adjacent to an activating group) is 1. The van der Waals surface area contributed by atoms with E-state index in [1.807, 2.05) is 25.2 Å². The quantitative estimate of drug-likeness (QED) is 0.797. The Labute approximate surface area is 156 Å². The first-order valence-corrected chi connectivity index (χ1v) is 10.4. The number of quaternary nitrogens is 1. The highest BCUT2D eigenvalue weighted by molar-refractivity contribution is 7.89. The number of aromatic nitrogens is 1. The molecule has 6 nitrogen and oxygen atoms in total. The van der Waals surface area contributed by atoms with Gasteiger partial charge in [0.05, 0.1) is 40.3 Å². The summed E-state index contributed by atoms with van der Waals surface area (Å²) >= 11 is 0. The van der Waals surface area contributed by atoms with Gasteiger partial charge >= 0.3 is 0 Å². The van der Waals surface area contributed by atoms with Gasteiger partial charge < -0.3 is 4.90 Å². The van der Waals surface area contributed by atoms with Crippen LogP contribution in [0.25, 0.3) is 0 Å². The van der Waals surface area contributed by atoms with Crippen molar-refractivity contribution in [3.63, 3.8) is 0 Å². The van der Waals surface area contributed by atoms with E-state index in [0.717, 1.165) is 25.5 Å². The molecule has 0 aliphatic carbocycles. The lowest BCUT2D eigenvalue weighted by Crippen LogP contribution is -3.12. The summed E-state index contributed by atoms with van der Waals surface area (Å²) in [6.45, 7) is 5.70. The van der Waals surface area contributed by atoms with Crippen LogP contribution in [0.3, 0.4) is 0 Å². The molecule has 2 heterocycles. The lowest BCUT2D eigenvalue weighted by atomic mass is 10.1. The second-order valence-electron chi connectivity index (χ2n) is 7.05. The SMILES string of the molecule is Cc1ccccc1CN(C)c1ccc(S(=O)(=O)N2CC[NH+](C)CC2)c[nH+]1. The Balaban J connectivity index is 1.72. The average Bonchev–Trinajstić information content (AvgIpc) is 2.64. The van der Waals surface area contributed by atoms with Gasteiger partial charge in [0, 0.05) is 6.07 Å². The molecule has 0 bridgehead atoms. The van der Waals surface area contributed by atoms with Crippen molar-refractivity contribution in [2.75, 3.05) is 45.2 Å². The highest BCUT2D eigenvalue weighted by Gasteiger charge is 2.30. The Morgan fingerprint density at radius 3 is 2.46 bits per heavy atom. The van der Waals surface area contributed by atoms with Crippen LogP contribution in [0.1, 0.15) is 11.1 Å². The van der Waals surface area contributed by atoms with Crippen LogP contribution in [0, 0.1) is 6.92 Å². The summed E-state index contributed by atoms with van der Waals surface area (Å²) < 4.78 is 27.2. The number of pyridine rings is 1. The number of nitrogens with one attached hydrogen (secondary N) is 2. The fraction of sp³-hybridized carbons (Fsp3) is 0.421. The van der Waals surface area contributed by atoms with Gasteiger partial charge in [-0.2, -0.15) is 4.31 Å². The molecule has 1 saturated heterocycles. The summed E-state index contributed by atoms with van der Waals surface area (Å²) in [6, 6.07) is 11.8. The minimum Gasteiger partial charge on any atom is -0.335 e. The van der Waals surface area contributed by atoms with E-state index in [4.69, 9.17) is 0 Å². The van der Waals surface area contributed by atoms with Crippen LogP contribution in [0.2, 0.25) is 0 Å². The van der Waals surface area contributed by atoms with Crippen LogP contribution < -0.4 is 14.8 Å². The van der Waals surface area contributed by atoms with E-state index in [0.29, 0.717) is 18.0 Å². The highest BCUT2D eigenvalue weighted by Crippen LogP contribution is 2.17. The summed E-state index contributed by atoms with van der Waals surface area (Å²) in [4.78, 5) is 6.92. The molecule has 1 fully saturated rings. The van der Waals surface area contributed by atoms with Gasteiger partial charge in [-0.15, -0.1) is 0 Å². The van der Waals surface area contributed by atoms with Gasteiger partial charge in [0.25, 0.3) is 5.82 Å². The maximum Gasteiger partial charge on any atom is 0.274 e. The molecule has 1 aliphatic heterocycles. The summed E-state index contributed by atoms with van der Waals surface area (Å²) in [6.07, 6.45) is 1.60. The molecule has 2 aromatic rings. The number of piperazine rings is 1. The van der Waals surface area contributed by atoms with Crippen LogP contribution >= 0.6 is 0 Å².